The Morgan fingerprint density at radius 1 is 0.704 bits per heavy atom. The molecule has 0 spiro atoms. The zero-order valence-corrected chi connectivity index (χ0v) is 56.9. The second-order valence-corrected chi connectivity index (χ2v) is 27.6. The maximum absolute atomic E-state index is 15.2. The number of aromatic hydroxyl groups is 1. The van der Waals surface area contributed by atoms with Gasteiger partial charge in [0.25, 0.3) is 0 Å². The number of H-pyrrole nitrogens is 3. The smallest absolute Gasteiger partial charge is 0.246 e. The van der Waals surface area contributed by atoms with Crippen molar-refractivity contribution in [2.24, 2.45) is 17.4 Å². The van der Waals surface area contributed by atoms with E-state index in [2.05, 4.69) is 69.8 Å². The molecular formula is C69H83FN14O11S3. The van der Waals surface area contributed by atoms with Crippen molar-refractivity contribution in [2.75, 3.05) is 31.1 Å². The van der Waals surface area contributed by atoms with Crippen molar-refractivity contribution >= 4 is 117 Å². The van der Waals surface area contributed by atoms with Crippen LogP contribution in [0.25, 0.3) is 21.8 Å². The van der Waals surface area contributed by atoms with E-state index in [-0.39, 0.29) is 69.4 Å². The minimum Gasteiger partial charge on any atom is -0.508 e. The van der Waals surface area contributed by atoms with Gasteiger partial charge in [-0.1, -0.05) is 36.4 Å². The fourth-order valence-corrected chi connectivity index (χ4v) is 14.3. The predicted octanol–water partition coefficient (Wildman–Crippen LogP) is 3.96. The number of imidazole rings is 1. The molecule has 15 N–H and O–H groups in total. The van der Waals surface area contributed by atoms with E-state index in [0.29, 0.717) is 92.2 Å². The van der Waals surface area contributed by atoms with Gasteiger partial charge in [-0.25, -0.2) is 9.37 Å². The summed E-state index contributed by atoms with van der Waals surface area (Å²) in [4.78, 5) is 159. The Balaban J connectivity index is 1.03. The van der Waals surface area contributed by atoms with Crippen molar-refractivity contribution in [3.8, 4) is 5.75 Å². The highest BCUT2D eigenvalue weighted by atomic mass is 32.2. The minimum atomic E-state index is -1.50. The number of thiol groups is 1. The summed E-state index contributed by atoms with van der Waals surface area (Å²) >= 11 is 7.46. The standard InChI is InChI=1S/C69H83FN14O11S3/c1-39-63(90)81-57(29-47-33-73-38-77-47)67(94)83-58(24-40-10-13-48(85)14-11-40)68(95)84-21-6-19-69(84,2)59(86)27-45(62(72)89)37-98-36-42-8-5-7-41(23-42)35-97-22-18-60(87)79-54(9-3-4-20-71)64(91)76-34-61(88)80-55(25-43-31-74-52-16-12-46(70)28-50(43)52)66(93)82-56(65(92)78-39)26-44-32-75-53-17-15-49(96)30-51(44)53/h5,7-8,10-17,23,28,30-33,38-39,45,54-58,74-75,85,96H,3-4,6,9,18-22,24-27,29,34-37,71H2,1-2H3,(H2,72,89)(H,73,77)(H,76,91)(H,78,92)(H,79,87)(H,80,88)(H,81,90)(H,82,93)(H,83,94)/t39-,45+,54+,55+,56+,57+,58+,69+/m1/s1. The number of ketones is 1. The molecule has 1 fully saturated rings. The van der Waals surface area contributed by atoms with E-state index < -0.39 is 119 Å². The van der Waals surface area contributed by atoms with Crippen LogP contribution < -0.4 is 48.7 Å². The third kappa shape index (κ3) is 19.8. The number of amides is 9. The second kappa shape index (κ2) is 34.3. The highest BCUT2D eigenvalue weighted by Crippen LogP contribution is 2.34. The van der Waals surface area contributed by atoms with Gasteiger partial charge in [0.1, 0.15) is 47.8 Å². The molecule has 5 heterocycles. The largest absolute Gasteiger partial charge is 0.508 e. The summed E-state index contributed by atoms with van der Waals surface area (Å²) in [5, 5.41) is 30.4. The van der Waals surface area contributed by atoms with Crippen LogP contribution in [-0.4, -0.2) is 162 Å². The molecule has 1 saturated heterocycles. The third-order valence-corrected chi connectivity index (χ3v) is 20.1. The van der Waals surface area contributed by atoms with E-state index in [4.69, 9.17) is 11.5 Å². The first kappa shape index (κ1) is 73.1. The summed E-state index contributed by atoms with van der Waals surface area (Å²) in [5.74, 6) is -7.02. The lowest BCUT2D eigenvalue weighted by molar-refractivity contribution is -0.146. The van der Waals surface area contributed by atoms with Gasteiger partial charge in [-0.3, -0.25) is 47.9 Å². The number of nitrogens with zero attached hydrogens (tertiary/aromatic N) is 2. The van der Waals surface area contributed by atoms with Crippen molar-refractivity contribution in [3.63, 3.8) is 0 Å². The summed E-state index contributed by atoms with van der Waals surface area (Å²) in [5.41, 5.74) is 15.3. The number of nitrogens with two attached hydrogens (primary N) is 2. The molecule has 520 valence electrons. The van der Waals surface area contributed by atoms with E-state index in [1.54, 1.807) is 49.6 Å². The van der Waals surface area contributed by atoms with Crippen LogP contribution in [0.1, 0.15) is 92.3 Å². The lowest BCUT2D eigenvalue weighted by Gasteiger charge is -2.37. The van der Waals surface area contributed by atoms with Crippen LogP contribution >= 0.6 is 36.2 Å². The van der Waals surface area contributed by atoms with Gasteiger partial charge in [-0.2, -0.15) is 23.5 Å². The number of hydrogen-bond acceptors (Lipinski definition) is 16. The number of Topliss-reactive ketones (excluding diaryl/α,β-unsaturated/α-hetero) is 1. The molecule has 9 amide bonds. The van der Waals surface area contributed by atoms with Crippen molar-refractivity contribution in [1.82, 2.24) is 62.1 Å². The highest BCUT2D eigenvalue weighted by Gasteiger charge is 2.48. The number of aromatic amines is 3. The molecule has 7 aromatic rings. The van der Waals surface area contributed by atoms with E-state index in [1.165, 1.54) is 78.2 Å². The number of unbranched alkanes of at least 4 members (excludes halogenated alkanes) is 1. The molecule has 0 unspecified atom stereocenters. The van der Waals surface area contributed by atoms with Crippen molar-refractivity contribution < 1.29 is 57.4 Å². The summed E-state index contributed by atoms with van der Waals surface area (Å²) in [7, 11) is 0. The van der Waals surface area contributed by atoms with Crippen LogP contribution in [0.2, 0.25) is 0 Å². The molecule has 8 atom stereocenters. The number of aromatic nitrogens is 4. The fraction of sp³-hybridized carbons (Fsp3) is 0.406. The zero-order chi connectivity index (χ0) is 70.0. The number of halogens is 1. The summed E-state index contributed by atoms with van der Waals surface area (Å²) in [6, 6.07) is 14.8. The average molecular weight is 1400 g/mol. The number of hydrogen-bond donors (Lipinski definition) is 14. The van der Waals surface area contributed by atoms with Gasteiger partial charge < -0.3 is 73.6 Å². The summed E-state index contributed by atoms with van der Waals surface area (Å²) < 4.78 is 14.8. The van der Waals surface area contributed by atoms with E-state index >= 15 is 9.59 Å². The molecule has 2 aliphatic rings. The Hall–Kier alpha value is -9.19. The van der Waals surface area contributed by atoms with Gasteiger partial charge in [-0.15, -0.1) is 12.6 Å². The molecule has 0 saturated carbocycles. The van der Waals surface area contributed by atoms with Crippen LogP contribution in [0.4, 0.5) is 4.39 Å². The minimum absolute atomic E-state index is 0.0514. The number of thioether (sulfide) groups is 2. The number of carbonyl (C=O) groups is 10. The number of primary amides is 1. The monoisotopic (exact) mass is 1400 g/mol. The normalized spacial score (nSPS) is 23.2. The fourth-order valence-electron chi connectivity index (χ4n) is 12.2. The van der Waals surface area contributed by atoms with Crippen LogP contribution in [0.5, 0.6) is 5.75 Å². The highest BCUT2D eigenvalue weighted by molar-refractivity contribution is 7.98. The number of phenolic OH excluding ortho intramolecular Hbond substituents is 1. The van der Waals surface area contributed by atoms with Gasteiger partial charge >= 0.3 is 0 Å². The molecule has 9 rings (SSSR count). The molecule has 3 aromatic heterocycles. The molecule has 2 bridgehead atoms. The number of phenols is 1. The van der Waals surface area contributed by atoms with Crippen molar-refractivity contribution in [1.29, 1.82) is 0 Å². The number of benzene rings is 4. The van der Waals surface area contributed by atoms with Gasteiger partial charge in [0.05, 0.1) is 24.3 Å². The Labute approximate surface area is 579 Å². The Kier molecular flexibility index (Phi) is 25.6. The lowest BCUT2D eigenvalue weighted by Crippen LogP contribution is -2.61. The third-order valence-electron chi connectivity index (χ3n) is 17.7. The van der Waals surface area contributed by atoms with Crippen LogP contribution in [0.3, 0.4) is 0 Å². The summed E-state index contributed by atoms with van der Waals surface area (Å²) in [6.45, 7) is 2.80. The van der Waals surface area contributed by atoms with Crippen LogP contribution in [0.15, 0.2) is 115 Å². The topological polar surface area (TPSA) is 391 Å². The molecular weight excluding hydrogens is 1320 g/mol. The number of carbonyl (C=O) groups excluding carboxylic acids is 10. The molecule has 0 radical (unpaired) electrons. The number of rotatable bonds is 13. The molecule has 4 aromatic carbocycles. The SMILES string of the molecule is C[C@H]1NC(=O)[C@H](Cc2c[nH]c3ccc(S)cc23)NC(=O)[C@H](Cc2c[nH]c3ccc(F)cc23)NC(=O)CNC(=O)[C@H](CCCCN)NC(=O)CCSCc2cccc(c2)CSC[C@@H](C(N)=O)CC(=O)[C@]2(C)CCCN2C(=O)[C@H](Cc2ccc(O)cc2)NC(=O)[C@H](Cc2cnc[nH]2)NC1=O. The maximum atomic E-state index is 15.2. The predicted molar refractivity (Wildman–Crippen MR) is 374 cm³/mol. The first-order valence-electron chi connectivity index (χ1n) is 32.5. The van der Waals surface area contributed by atoms with Gasteiger partial charge in [0, 0.05) is 119 Å². The van der Waals surface area contributed by atoms with Crippen LogP contribution in [0, 0.1) is 11.7 Å². The first-order valence-corrected chi connectivity index (χ1v) is 35.2. The number of fused-ring (bicyclic) bond motifs is 5. The molecule has 0 aliphatic carbocycles. The van der Waals surface area contributed by atoms with Gasteiger partial charge in [0.15, 0.2) is 5.78 Å². The van der Waals surface area contributed by atoms with Crippen molar-refractivity contribution in [3.05, 3.63) is 149 Å². The van der Waals surface area contributed by atoms with E-state index in [9.17, 15) is 47.9 Å². The van der Waals surface area contributed by atoms with Gasteiger partial charge in [0.2, 0.25) is 53.2 Å². The molecule has 25 nitrogen and oxygen atoms in total. The van der Waals surface area contributed by atoms with Gasteiger partial charge in [-0.05, 0) is 129 Å². The Morgan fingerprint density at radius 2 is 1.34 bits per heavy atom. The molecule has 2 aliphatic heterocycles. The molecule has 29 heteroatoms. The number of nitrogens with one attached hydrogen (secondary N) is 10. The Bertz CT molecular complexity index is 4020. The van der Waals surface area contributed by atoms with Crippen molar-refractivity contribution in [2.45, 2.75) is 143 Å². The quantitative estimate of drug-likeness (QED) is 0.0574. The lowest BCUT2D eigenvalue weighted by atomic mass is 9.86. The second-order valence-electron chi connectivity index (χ2n) is 25.0. The molecule has 98 heavy (non-hydrogen) atoms. The zero-order valence-electron chi connectivity index (χ0n) is 54.4. The summed E-state index contributed by atoms with van der Waals surface area (Å²) in [6.07, 6.45) is 6.89. The Morgan fingerprint density at radius 3 is 2.02 bits per heavy atom. The maximum Gasteiger partial charge on any atom is 0.246 e. The van der Waals surface area contributed by atoms with E-state index in [1.807, 2.05) is 24.3 Å². The van der Waals surface area contributed by atoms with Crippen LogP contribution in [-0.2, 0) is 85.1 Å². The average Bonchev–Trinajstić information content (AvgIpc) is 1.57. The first-order chi connectivity index (χ1) is 47.0. The van der Waals surface area contributed by atoms with E-state index in [0.717, 1.165) is 11.1 Å².